The molecule has 0 heterocycles. The third-order valence-electron chi connectivity index (χ3n) is 2.15. The van der Waals surface area contributed by atoms with Gasteiger partial charge in [-0.25, -0.2) is 4.79 Å². The van der Waals surface area contributed by atoms with Crippen LogP contribution in [0.3, 0.4) is 0 Å². The normalized spacial score (nSPS) is 8.88. The summed E-state index contributed by atoms with van der Waals surface area (Å²) in [7, 11) is 2.99. The van der Waals surface area contributed by atoms with Gasteiger partial charge in [0.25, 0.3) is 0 Å². The molecule has 0 unspecified atom stereocenters. The monoisotopic (exact) mass is 224 g/mol. The maximum atomic E-state index is 11.3. The number of carbonyl (C=O) groups is 1. The molecule has 1 rings (SSSR count). The zero-order chi connectivity index (χ0) is 12.7. The highest BCUT2D eigenvalue weighted by molar-refractivity contribution is 5.91. The van der Waals surface area contributed by atoms with Crippen molar-refractivity contribution in [3.8, 4) is 5.75 Å². The minimum Gasteiger partial charge on any atom is -0.496 e. The lowest BCUT2D eigenvalue weighted by molar-refractivity contribution is 0.0600. The molecule has 0 amide bonds. The summed E-state index contributed by atoms with van der Waals surface area (Å²) in [5, 5.41) is 0. The summed E-state index contributed by atoms with van der Waals surface area (Å²) in [5.41, 5.74) is 2.38. The second kappa shape index (κ2) is 6.88. The number of carbonyl (C=O) groups excluding carboxylic acids is 1. The fraction of sp³-hybridized carbons (Fsp3) is 0.462. The molecular weight excluding hydrogens is 204 g/mol. The van der Waals surface area contributed by atoms with E-state index in [1.807, 2.05) is 33.8 Å². The van der Waals surface area contributed by atoms with Crippen molar-refractivity contribution in [2.45, 2.75) is 27.7 Å². The molecule has 0 aliphatic rings. The number of benzene rings is 1. The molecule has 0 aliphatic heterocycles. The molecule has 0 aliphatic carbocycles. The Kier molecular flexibility index (Phi) is 6.23. The molecule has 0 spiro atoms. The van der Waals surface area contributed by atoms with E-state index in [9.17, 15) is 4.79 Å². The first-order valence-electron chi connectivity index (χ1n) is 5.33. The van der Waals surface area contributed by atoms with Crippen molar-refractivity contribution in [2.75, 3.05) is 14.2 Å². The zero-order valence-corrected chi connectivity index (χ0v) is 10.9. The van der Waals surface area contributed by atoms with E-state index in [0.29, 0.717) is 5.56 Å². The Labute approximate surface area is 97.4 Å². The fourth-order valence-electron chi connectivity index (χ4n) is 1.34. The van der Waals surface area contributed by atoms with E-state index in [1.165, 1.54) is 7.11 Å². The smallest absolute Gasteiger partial charge is 0.338 e. The summed E-state index contributed by atoms with van der Waals surface area (Å²) in [4.78, 5) is 11.3. The minimum atomic E-state index is -0.312. The quantitative estimate of drug-likeness (QED) is 0.724. The highest BCUT2D eigenvalue weighted by Crippen LogP contribution is 2.22. The van der Waals surface area contributed by atoms with Crippen LogP contribution in [0.25, 0.3) is 0 Å². The molecule has 90 valence electrons. The highest BCUT2D eigenvalue weighted by Gasteiger charge is 2.11. The first kappa shape index (κ1) is 14.5. The van der Waals surface area contributed by atoms with Gasteiger partial charge in [-0.05, 0) is 37.1 Å². The van der Waals surface area contributed by atoms with Crippen LogP contribution >= 0.6 is 0 Å². The lowest BCUT2D eigenvalue weighted by atomic mass is 10.0. The molecule has 0 radical (unpaired) electrons. The number of rotatable bonds is 2. The largest absolute Gasteiger partial charge is 0.496 e. The van der Waals surface area contributed by atoms with Crippen molar-refractivity contribution < 1.29 is 14.3 Å². The first-order chi connectivity index (χ1) is 7.60. The van der Waals surface area contributed by atoms with Gasteiger partial charge in [-0.3, -0.25) is 0 Å². The molecule has 0 N–H and O–H groups in total. The summed E-state index contributed by atoms with van der Waals surface area (Å²) < 4.78 is 9.81. The predicted molar refractivity (Wildman–Crippen MR) is 65.2 cm³/mol. The molecule has 1 aromatic rings. The number of ether oxygens (including phenoxy) is 2. The van der Waals surface area contributed by atoms with Crippen LogP contribution in [0, 0.1) is 13.8 Å². The van der Waals surface area contributed by atoms with Crippen molar-refractivity contribution in [3.63, 3.8) is 0 Å². The molecule has 0 fully saturated rings. The van der Waals surface area contributed by atoms with Crippen LogP contribution in [0.15, 0.2) is 12.1 Å². The van der Waals surface area contributed by atoms with Crippen molar-refractivity contribution in [1.29, 1.82) is 0 Å². The second-order valence-electron chi connectivity index (χ2n) is 3.13. The molecule has 3 heteroatoms. The molecule has 16 heavy (non-hydrogen) atoms. The topological polar surface area (TPSA) is 35.5 Å². The zero-order valence-electron chi connectivity index (χ0n) is 10.9. The Morgan fingerprint density at radius 1 is 1.06 bits per heavy atom. The number of aryl methyl sites for hydroxylation is 2. The van der Waals surface area contributed by atoms with E-state index in [1.54, 1.807) is 13.2 Å². The summed E-state index contributed by atoms with van der Waals surface area (Å²) in [5.74, 6) is 0.475. The molecule has 0 aromatic heterocycles. The van der Waals surface area contributed by atoms with Gasteiger partial charge < -0.3 is 9.47 Å². The predicted octanol–water partition coefficient (Wildman–Crippen LogP) is 3.12. The average molecular weight is 224 g/mol. The van der Waals surface area contributed by atoms with Crippen LogP contribution in [0.2, 0.25) is 0 Å². The number of methoxy groups -OCH3 is 2. The van der Waals surface area contributed by atoms with E-state index >= 15 is 0 Å². The lowest BCUT2D eigenvalue weighted by Gasteiger charge is -2.09. The third-order valence-corrected chi connectivity index (χ3v) is 2.15. The van der Waals surface area contributed by atoms with E-state index in [2.05, 4.69) is 4.74 Å². The van der Waals surface area contributed by atoms with Gasteiger partial charge in [0.15, 0.2) is 0 Å². The maximum absolute atomic E-state index is 11.3. The van der Waals surface area contributed by atoms with Gasteiger partial charge in [0.1, 0.15) is 5.75 Å². The van der Waals surface area contributed by atoms with E-state index in [-0.39, 0.29) is 5.97 Å². The van der Waals surface area contributed by atoms with Crippen LogP contribution in [-0.4, -0.2) is 20.2 Å². The van der Waals surface area contributed by atoms with Gasteiger partial charge in [0, 0.05) is 0 Å². The number of esters is 1. The van der Waals surface area contributed by atoms with Crippen LogP contribution in [-0.2, 0) is 4.74 Å². The molecule has 0 saturated heterocycles. The summed E-state index contributed by atoms with van der Waals surface area (Å²) >= 11 is 0. The van der Waals surface area contributed by atoms with Crippen molar-refractivity contribution >= 4 is 5.97 Å². The van der Waals surface area contributed by atoms with E-state index < -0.39 is 0 Å². The molecule has 0 saturated carbocycles. The summed E-state index contributed by atoms with van der Waals surface area (Å²) in [6.07, 6.45) is 0. The average Bonchev–Trinajstić information content (AvgIpc) is 2.33. The number of hydrogen-bond acceptors (Lipinski definition) is 3. The molecular formula is C13H20O3. The van der Waals surface area contributed by atoms with Gasteiger partial charge in [-0.1, -0.05) is 13.8 Å². The van der Waals surface area contributed by atoms with Crippen LogP contribution in [0.4, 0.5) is 0 Å². The standard InChI is InChI=1S/C11H14O3.C2H6/c1-7-6-10(13-3)8(2)5-9(7)11(12)14-4;1-2/h5-6H,1-4H3;1-2H3. The maximum Gasteiger partial charge on any atom is 0.338 e. The molecule has 1 aromatic carbocycles. The molecule has 3 nitrogen and oxygen atoms in total. The number of hydrogen-bond donors (Lipinski definition) is 0. The Morgan fingerprint density at radius 3 is 2.06 bits per heavy atom. The van der Waals surface area contributed by atoms with Gasteiger partial charge in [-0.2, -0.15) is 0 Å². The van der Waals surface area contributed by atoms with Gasteiger partial charge in [0.05, 0.1) is 19.8 Å². The van der Waals surface area contributed by atoms with Crippen molar-refractivity contribution in [1.82, 2.24) is 0 Å². The van der Waals surface area contributed by atoms with Crippen molar-refractivity contribution in [3.05, 3.63) is 28.8 Å². The fourth-order valence-corrected chi connectivity index (χ4v) is 1.34. The SMILES string of the molecule is CC.COC(=O)c1cc(C)c(OC)cc1C. The summed E-state index contributed by atoms with van der Waals surface area (Å²) in [6.45, 7) is 7.75. The second-order valence-corrected chi connectivity index (χ2v) is 3.13. The minimum absolute atomic E-state index is 0.312. The van der Waals surface area contributed by atoms with Crippen molar-refractivity contribution in [2.24, 2.45) is 0 Å². The molecule has 0 bridgehead atoms. The van der Waals surface area contributed by atoms with Crippen LogP contribution in [0.1, 0.15) is 35.3 Å². The Balaban J connectivity index is 0.00000106. The van der Waals surface area contributed by atoms with Crippen LogP contribution < -0.4 is 4.74 Å². The Hall–Kier alpha value is -1.51. The van der Waals surface area contributed by atoms with Gasteiger partial charge >= 0.3 is 5.97 Å². The highest BCUT2D eigenvalue weighted by atomic mass is 16.5. The summed E-state index contributed by atoms with van der Waals surface area (Å²) in [6, 6.07) is 3.61. The van der Waals surface area contributed by atoms with E-state index in [4.69, 9.17) is 4.74 Å². The van der Waals surface area contributed by atoms with Crippen LogP contribution in [0.5, 0.6) is 5.75 Å². The Morgan fingerprint density at radius 2 is 1.62 bits per heavy atom. The molecule has 0 atom stereocenters. The third kappa shape index (κ3) is 3.26. The van der Waals surface area contributed by atoms with E-state index in [0.717, 1.165) is 16.9 Å². The van der Waals surface area contributed by atoms with Gasteiger partial charge in [-0.15, -0.1) is 0 Å². The van der Waals surface area contributed by atoms with Gasteiger partial charge in [0.2, 0.25) is 0 Å². The first-order valence-corrected chi connectivity index (χ1v) is 5.33. The lowest BCUT2D eigenvalue weighted by Crippen LogP contribution is -2.04. The Bertz CT molecular complexity index is 356.